The molecule has 5 unspecified atom stereocenters. The third kappa shape index (κ3) is 24.3. The van der Waals surface area contributed by atoms with E-state index in [1.807, 2.05) is 0 Å². The highest BCUT2D eigenvalue weighted by atomic mass is 31.2. The fourth-order valence-electron chi connectivity index (χ4n) is 7.03. The van der Waals surface area contributed by atoms with Crippen LogP contribution in [0.2, 0.25) is 0 Å². The number of ketones is 1. The molecule has 0 aromatic rings. The van der Waals surface area contributed by atoms with Gasteiger partial charge in [-0.2, -0.15) is 0 Å². The van der Waals surface area contributed by atoms with Crippen LogP contribution in [0.25, 0.3) is 9.69 Å². The number of aliphatic hydroxyl groups is 3. The molecule has 0 aromatic heterocycles. The number of aliphatic hydroxyl groups excluding tert-OH is 3. The molecule has 20 nitrogen and oxygen atoms in total. The topological polar surface area (TPSA) is 212 Å². The van der Waals surface area contributed by atoms with Crippen LogP contribution in [-0.2, 0) is 60.8 Å². The Balaban J connectivity index is -0.00000101. The number of ether oxygens (including phenoxy) is 7. The van der Waals surface area contributed by atoms with E-state index in [9.17, 15) is 9.59 Å². The van der Waals surface area contributed by atoms with Crippen molar-refractivity contribution >= 4 is 52.3 Å². The summed E-state index contributed by atoms with van der Waals surface area (Å²) in [5, 5.41) is 14.0. The van der Waals surface area contributed by atoms with Crippen LogP contribution < -0.4 is 0 Å². The molecule has 3 saturated heterocycles. The van der Waals surface area contributed by atoms with Gasteiger partial charge in [0.2, 0.25) is 17.4 Å². The first-order valence-corrected chi connectivity index (χ1v) is 24.7. The van der Waals surface area contributed by atoms with Crippen LogP contribution in [0.3, 0.4) is 0 Å². The maximum absolute atomic E-state index is 11.5. The predicted molar refractivity (Wildman–Crippen MR) is 274 cm³/mol. The van der Waals surface area contributed by atoms with Gasteiger partial charge in [0.25, 0.3) is 17.1 Å². The first-order chi connectivity index (χ1) is 36.3. The second-order valence-electron chi connectivity index (χ2n) is 16.6. The molecule has 3 aliphatic heterocycles. The summed E-state index contributed by atoms with van der Waals surface area (Å²) in [5.74, 6) is -0.485. The summed E-state index contributed by atoms with van der Waals surface area (Å²) in [6.45, 7) is 33.4. The van der Waals surface area contributed by atoms with Crippen LogP contribution in [0.15, 0.2) is 0 Å². The molecule has 0 saturated carbocycles. The third-order valence-corrected chi connectivity index (χ3v) is 14.4. The summed E-state index contributed by atoms with van der Waals surface area (Å²) in [7, 11) is 22.9. The van der Waals surface area contributed by atoms with Gasteiger partial charge < -0.3 is 76.3 Å². The lowest BCUT2D eigenvalue weighted by Gasteiger charge is -2.35. The Hall–Kier alpha value is -1.43. The van der Waals surface area contributed by atoms with Gasteiger partial charge in [-0.25, -0.2) is 22.5 Å². The maximum atomic E-state index is 11.5. The molecule has 0 aliphatic carbocycles. The second kappa shape index (κ2) is 39.1. The van der Waals surface area contributed by atoms with E-state index in [1.165, 1.54) is 43.5 Å². The highest BCUT2D eigenvalue weighted by Gasteiger charge is 2.44. The molecule has 0 bridgehead atoms. The predicted octanol–water partition coefficient (Wildman–Crippen LogP) is 4.57. The van der Waals surface area contributed by atoms with E-state index >= 15 is 0 Å². The van der Waals surface area contributed by atoms with Gasteiger partial charge in [0.05, 0.1) is 19.6 Å². The maximum Gasteiger partial charge on any atom is 0.306 e. The standard InChI is InChI=1S/2C15H28BN2O5P.C12H19BO6.3CH4/c2*1-10(2)18(11(3)4)24(21-8-7-17-5)22-9-12-13(19)14(20-6)15(16)23-12;1-3-7(14)4-5-9(15)18-6-8-10(16)11(17-2)12(13)19-8;;;/h2*10-15,19H,7-9H2,1-4,6H3;8,10-12,16H,3-6H2,1-2H3;3*1H4/t2*12-,13?,14+,15-,24?;8-,10?,11+,12-;;;/m111.../s1/i2*19D;16D;3*1T. The van der Waals surface area contributed by atoms with Gasteiger partial charge in [-0.05, 0) is 55.4 Å². The molecule has 0 aromatic carbocycles. The van der Waals surface area contributed by atoms with E-state index in [-0.39, 0.29) is 75.7 Å². The van der Waals surface area contributed by atoms with Crippen molar-refractivity contribution in [1.82, 2.24) is 9.34 Å². The summed E-state index contributed by atoms with van der Waals surface area (Å²) in [4.78, 5) is 29.2. The minimum absolute atomic E-state index is 0.00732. The lowest BCUT2D eigenvalue weighted by molar-refractivity contribution is -0.149. The zero-order valence-electron chi connectivity index (χ0n) is 50.3. The first-order valence-electron chi connectivity index (χ1n) is 26.7. The molecule has 70 heavy (non-hydrogen) atoms. The lowest BCUT2D eigenvalue weighted by atomic mass is 9.93. The van der Waals surface area contributed by atoms with Crippen LogP contribution in [0.5, 0.6) is 0 Å². The van der Waals surface area contributed by atoms with Gasteiger partial charge in [-0.1, -0.05) is 29.1 Å². The Morgan fingerprint density at radius 1 is 0.643 bits per heavy atom. The second-order valence-corrected chi connectivity index (χ2v) is 19.5. The Bertz CT molecular complexity index is 1470. The quantitative estimate of drug-likeness (QED) is 0.0296. The van der Waals surface area contributed by atoms with E-state index in [4.69, 9.17) is 107 Å². The van der Waals surface area contributed by atoms with Crippen LogP contribution in [0.4, 0.5) is 0 Å². The number of hydrogen-bond donors (Lipinski definition) is 3. The zero-order valence-corrected chi connectivity index (χ0v) is 46.0. The van der Waals surface area contributed by atoms with E-state index in [2.05, 4.69) is 79.5 Å². The molecule has 25 heteroatoms. The van der Waals surface area contributed by atoms with Crippen LogP contribution in [-0.4, -0.2) is 229 Å². The largest absolute Gasteiger partial charge is 0.463 e. The molecular weight excluding hydrogens is 947 g/mol. The van der Waals surface area contributed by atoms with Gasteiger partial charge in [-0.15, -0.1) is 0 Å². The normalized spacial score (nSPS) is 28.7. The van der Waals surface area contributed by atoms with E-state index < -0.39 is 96.0 Å². The highest BCUT2D eigenvalue weighted by molar-refractivity contribution is 7.44. The SMILES string of the molecule is [2H]OC1[C@@H](COC(=O)CCC(=O)CC)O[C@@H]([B])[C@H]1OC.[2H]OC1[C@@H](COP(OCC[N+]#[C-])N(C(C)C)C(C)C)O[C@@H]([B])[C@H]1OC.[2H]OC1[C@@H](COP(OCC[N+]#[C-])N(C(C)C)C(C)C)O[C@@H]([B])[C@H]1OC.[3H]C.[3H]C.[3H]C. The molecule has 0 spiro atoms. The fraction of sp³-hybridized carbons (Fsp3) is 0.911. The molecule has 3 fully saturated rings. The number of hydrogen-bond acceptors (Lipinski definition) is 18. The summed E-state index contributed by atoms with van der Waals surface area (Å²) < 4.78 is 104. The molecule has 6 radical (unpaired) electrons. The number of nitrogens with zero attached hydrogens (tertiary/aromatic N) is 4. The smallest absolute Gasteiger partial charge is 0.306 e. The van der Waals surface area contributed by atoms with Crippen molar-refractivity contribution in [3.8, 4) is 0 Å². The number of carbonyl (C=O) groups is 2. The summed E-state index contributed by atoms with van der Waals surface area (Å²) >= 11 is 0. The van der Waals surface area contributed by atoms with Crippen molar-refractivity contribution in [1.29, 1.82) is 4.29 Å². The Kier molecular flexibility index (Phi) is 34.1. The first kappa shape index (κ1) is 61.1. The molecule has 0 amide bonds. The monoisotopic (exact) mass is 1040 g/mol. The molecule has 14 atom stereocenters. The zero-order chi connectivity index (χ0) is 59.1. The minimum atomic E-state index is -1.38. The number of carbonyl (C=O) groups excluding carboxylic acids is 2. The van der Waals surface area contributed by atoms with Gasteiger partial charge >= 0.3 is 5.97 Å². The van der Waals surface area contributed by atoms with Gasteiger partial charge in [-0.3, -0.25) is 9.59 Å². The molecule has 3 rings (SSSR count). The van der Waals surface area contributed by atoms with Crippen molar-refractivity contribution in [3.63, 3.8) is 0 Å². The Morgan fingerprint density at radius 3 is 1.24 bits per heavy atom. The number of rotatable bonds is 30. The molecule has 402 valence electrons. The average molecular weight is 1040 g/mol. The molecule has 3 heterocycles. The minimum Gasteiger partial charge on any atom is -0.463 e. The fourth-order valence-corrected chi connectivity index (χ4v) is 10.2. The number of esters is 1. The number of methoxy groups -OCH3 is 3. The lowest BCUT2D eigenvalue weighted by Crippen LogP contribution is -2.37. The van der Waals surface area contributed by atoms with Crippen LogP contribution >= 0.6 is 17.1 Å². The van der Waals surface area contributed by atoms with Crippen molar-refractivity contribution < 1.29 is 80.3 Å². The van der Waals surface area contributed by atoms with Gasteiger partial charge in [0.15, 0.2) is 0 Å². The summed E-state index contributed by atoms with van der Waals surface area (Å²) in [6.07, 6.45) is -4.71. The van der Waals surface area contributed by atoms with Crippen molar-refractivity contribution in [2.45, 2.75) is 201 Å². The Morgan fingerprint density at radius 2 is 0.971 bits per heavy atom. The van der Waals surface area contributed by atoms with Gasteiger partial charge in [0, 0.05) is 80.5 Å². The van der Waals surface area contributed by atoms with Crippen LogP contribution in [0, 0.1) is 13.1 Å². The van der Waals surface area contributed by atoms with Crippen molar-refractivity contribution in [2.24, 2.45) is 0 Å². The molecular formula is C45H87B3N4O16P2. The Labute approximate surface area is 436 Å². The van der Waals surface area contributed by atoms with Crippen molar-refractivity contribution in [2.75, 3.05) is 67.5 Å². The van der Waals surface area contributed by atoms with Crippen molar-refractivity contribution in [3.05, 3.63) is 22.8 Å². The third-order valence-electron chi connectivity index (χ3n) is 10.3. The van der Waals surface area contributed by atoms with E-state index in [1.54, 1.807) is 6.92 Å². The van der Waals surface area contributed by atoms with E-state index in [0.29, 0.717) is 19.6 Å². The number of Topliss-reactive ketones (excluding diaryl/α,β-unsaturated/α-hetero) is 1. The van der Waals surface area contributed by atoms with Crippen LogP contribution in [0.1, 0.15) is 108 Å². The molecule has 3 N–H and O–H groups in total. The van der Waals surface area contributed by atoms with E-state index in [0.717, 1.165) is 0 Å². The summed E-state index contributed by atoms with van der Waals surface area (Å²) in [6, 6.07) is -1.24. The highest BCUT2D eigenvalue weighted by Crippen LogP contribution is 2.47. The van der Waals surface area contributed by atoms with Gasteiger partial charge in [0.1, 0.15) is 104 Å². The average Bonchev–Trinajstić information content (AvgIpc) is 4.02. The summed E-state index contributed by atoms with van der Waals surface area (Å²) in [5.41, 5.74) is 0. The molecule has 3 aliphatic rings.